The highest BCUT2D eigenvalue weighted by molar-refractivity contribution is 6.33. The molecule has 0 bridgehead atoms. The molecular formula is C10H11ClN2O. The maximum Gasteiger partial charge on any atom is 0.145 e. The van der Waals surface area contributed by atoms with E-state index >= 15 is 0 Å². The molecule has 0 amide bonds. The largest absolute Gasteiger partial charge is 0.497 e. The second-order valence-electron chi connectivity index (χ2n) is 3.34. The van der Waals surface area contributed by atoms with Gasteiger partial charge < -0.3 is 10.1 Å². The van der Waals surface area contributed by atoms with Gasteiger partial charge in [0.1, 0.15) is 10.7 Å². The molecule has 1 unspecified atom stereocenters. The molecule has 1 aromatic rings. The monoisotopic (exact) mass is 210 g/mol. The zero-order valence-corrected chi connectivity index (χ0v) is 8.80. The van der Waals surface area contributed by atoms with Gasteiger partial charge in [-0.05, 0) is 19.1 Å². The highest BCUT2D eigenvalue weighted by Crippen LogP contribution is 2.35. The van der Waals surface area contributed by atoms with Crippen LogP contribution in [0.2, 0.25) is 0 Å². The van der Waals surface area contributed by atoms with Gasteiger partial charge in [0.25, 0.3) is 0 Å². The van der Waals surface area contributed by atoms with Gasteiger partial charge in [0, 0.05) is 12.3 Å². The lowest BCUT2D eigenvalue weighted by molar-refractivity contribution is 0.415. The molecule has 0 aromatic heterocycles. The number of methoxy groups -OCH3 is 1. The van der Waals surface area contributed by atoms with E-state index in [4.69, 9.17) is 16.3 Å². The van der Waals surface area contributed by atoms with Gasteiger partial charge in [0.05, 0.1) is 18.5 Å². The molecular weight excluding hydrogens is 200 g/mol. The van der Waals surface area contributed by atoms with Crippen LogP contribution >= 0.6 is 11.6 Å². The Morgan fingerprint density at radius 1 is 1.50 bits per heavy atom. The number of hydrogen-bond acceptors (Lipinski definition) is 3. The molecule has 1 aliphatic heterocycles. The number of nitrogens with one attached hydrogen (secondary N) is 1. The Morgan fingerprint density at radius 2 is 2.29 bits per heavy atom. The molecule has 0 fully saturated rings. The average Bonchev–Trinajstić information content (AvgIpc) is 2.16. The Balaban J connectivity index is 2.41. The molecule has 74 valence electrons. The molecule has 3 nitrogen and oxygen atoms in total. The molecule has 1 atom stereocenters. The minimum absolute atomic E-state index is 0.596. The molecule has 0 aliphatic carbocycles. The van der Waals surface area contributed by atoms with Gasteiger partial charge in [-0.3, -0.25) is 4.99 Å². The number of aliphatic imine (C=N–C) groups is 1. The van der Waals surface area contributed by atoms with Crippen LogP contribution in [0.3, 0.4) is 0 Å². The van der Waals surface area contributed by atoms with Crippen molar-refractivity contribution >= 4 is 29.2 Å². The van der Waals surface area contributed by atoms with Crippen molar-refractivity contribution in [3.05, 3.63) is 18.2 Å². The summed E-state index contributed by atoms with van der Waals surface area (Å²) in [7, 11) is 1.63. The number of alkyl halides is 1. The van der Waals surface area contributed by atoms with Crippen molar-refractivity contribution in [3.8, 4) is 5.75 Å². The lowest BCUT2D eigenvalue weighted by Crippen LogP contribution is -2.31. The second kappa shape index (κ2) is 3.17. The topological polar surface area (TPSA) is 33.6 Å². The summed E-state index contributed by atoms with van der Waals surface area (Å²) in [5.74, 6) is 0.792. The van der Waals surface area contributed by atoms with Crippen molar-refractivity contribution in [1.29, 1.82) is 0 Å². The lowest BCUT2D eigenvalue weighted by Gasteiger charge is -2.25. The molecule has 1 aromatic carbocycles. The Hall–Kier alpha value is -1.22. The van der Waals surface area contributed by atoms with Gasteiger partial charge in [-0.1, -0.05) is 11.6 Å². The second-order valence-corrected chi connectivity index (χ2v) is 4.13. The van der Waals surface area contributed by atoms with Gasteiger partial charge in [0.2, 0.25) is 0 Å². The number of rotatable bonds is 1. The van der Waals surface area contributed by atoms with Crippen LogP contribution < -0.4 is 10.1 Å². The van der Waals surface area contributed by atoms with E-state index in [0.717, 1.165) is 17.1 Å². The minimum Gasteiger partial charge on any atom is -0.497 e. The van der Waals surface area contributed by atoms with Crippen LogP contribution in [-0.4, -0.2) is 18.3 Å². The lowest BCUT2D eigenvalue weighted by atomic mass is 10.2. The SMILES string of the molecule is COc1ccc2c(c1)N=CC(C)(Cl)N2. The molecule has 14 heavy (non-hydrogen) atoms. The van der Waals surface area contributed by atoms with E-state index in [2.05, 4.69) is 10.3 Å². The number of halogens is 1. The normalized spacial score (nSPS) is 23.9. The van der Waals surface area contributed by atoms with Crippen molar-refractivity contribution in [2.24, 2.45) is 4.99 Å². The summed E-state index contributed by atoms with van der Waals surface area (Å²) in [6.45, 7) is 1.85. The van der Waals surface area contributed by atoms with Crippen LogP contribution in [0.1, 0.15) is 6.92 Å². The highest BCUT2D eigenvalue weighted by atomic mass is 35.5. The fraction of sp³-hybridized carbons (Fsp3) is 0.300. The first kappa shape index (κ1) is 9.34. The number of anilines is 1. The van der Waals surface area contributed by atoms with Crippen molar-refractivity contribution in [2.45, 2.75) is 11.9 Å². The predicted octanol–water partition coefficient (Wildman–Crippen LogP) is 2.78. The smallest absolute Gasteiger partial charge is 0.145 e. The molecule has 0 spiro atoms. The van der Waals surface area contributed by atoms with Crippen molar-refractivity contribution in [2.75, 3.05) is 12.4 Å². The first-order valence-electron chi connectivity index (χ1n) is 4.31. The van der Waals surface area contributed by atoms with Crippen molar-refractivity contribution < 1.29 is 4.74 Å². The third kappa shape index (κ3) is 1.68. The Kier molecular flexibility index (Phi) is 2.11. The van der Waals surface area contributed by atoms with Gasteiger partial charge in [-0.25, -0.2) is 0 Å². The van der Waals surface area contributed by atoms with E-state index < -0.39 is 5.00 Å². The summed E-state index contributed by atoms with van der Waals surface area (Å²) in [6, 6.07) is 5.65. The first-order valence-corrected chi connectivity index (χ1v) is 4.69. The fourth-order valence-corrected chi connectivity index (χ4v) is 1.49. The van der Waals surface area contributed by atoms with E-state index in [0.29, 0.717) is 0 Å². The predicted molar refractivity (Wildman–Crippen MR) is 59.0 cm³/mol. The number of fused-ring (bicyclic) bond motifs is 1. The minimum atomic E-state index is -0.596. The standard InChI is InChI=1S/C10H11ClN2O/c1-10(11)6-12-9-5-7(14-2)3-4-8(9)13-10/h3-6,13H,1-2H3. The molecule has 2 rings (SSSR count). The average molecular weight is 211 g/mol. The first-order chi connectivity index (χ1) is 6.61. The summed E-state index contributed by atoms with van der Waals surface area (Å²) >= 11 is 6.08. The summed E-state index contributed by atoms with van der Waals surface area (Å²) in [6.07, 6.45) is 1.68. The molecule has 1 N–H and O–H groups in total. The van der Waals surface area contributed by atoms with E-state index in [1.165, 1.54) is 0 Å². The van der Waals surface area contributed by atoms with E-state index in [9.17, 15) is 0 Å². The van der Waals surface area contributed by atoms with E-state index in [1.807, 2.05) is 25.1 Å². The summed E-state index contributed by atoms with van der Waals surface area (Å²) < 4.78 is 5.10. The summed E-state index contributed by atoms with van der Waals surface area (Å²) in [5, 5.41) is 3.15. The quantitative estimate of drug-likeness (QED) is 0.571. The van der Waals surface area contributed by atoms with Crippen LogP contribution in [0.15, 0.2) is 23.2 Å². The van der Waals surface area contributed by atoms with Crippen LogP contribution in [-0.2, 0) is 0 Å². The van der Waals surface area contributed by atoms with Gasteiger partial charge >= 0.3 is 0 Å². The van der Waals surface area contributed by atoms with Gasteiger partial charge in [0.15, 0.2) is 0 Å². The molecule has 0 saturated carbocycles. The Bertz CT molecular complexity index is 388. The fourth-order valence-electron chi connectivity index (χ4n) is 1.34. The third-order valence-electron chi connectivity index (χ3n) is 2.03. The van der Waals surface area contributed by atoms with Crippen molar-refractivity contribution in [1.82, 2.24) is 0 Å². The van der Waals surface area contributed by atoms with Gasteiger partial charge in [-0.15, -0.1) is 0 Å². The van der Waals surface area contributed by atoms with Crippen LogP contribution in [0.25, 0.3) is 0 Å². The maximum atomic E-state index is 6.08. The number of benzene rings is 1. The maximum absolute atomic E-state index is 6.08. The van der Waals surface area contributed by atoms with Crippen LogP contribution in [0, 0.1) is 0 Å². The molecule has 0 saturated heterocycles. The van der Waals surface area contributed by atoms with Crippen molar-refractivity contribution in [3.63, 3.8) is 0 Å². The van der Waals surface area contributed by atoms with E-state index in [-0.39, 0.29) is 0 Å². The third-order valence-corrected chi connectivity index (χ3v) is 2.22. The molecule has 0 radical (unpaired) electrons. The van der Waals surface area contributed by atoms with Gasteiger partial charge in [-0.2, -0.15) is 0 Å². The van der Waals surface area contributed by atoms with E-state index in [1.54, 1.807) is 13.3 Å². The Morgan fingerprint density at radius 3 is 3.00 bits per heavy atom. The number of ether oxygens (including phenoxy) is 1. The summed E-state index contributed by atoms with van der Waals surface area (Å²) in [4.78, 5) is 3.66. The molecule has 1 aliphatic rings. The molecule has 4 heteroatoms. The summed E-state index contributed by atoms with van der Waals surface area (Å²) in [5.41, 5.74) is 1.77. The highest BCUT2D eigenvalue weighted by Gasteiger charge is 2.22. The zero-order valence-electron chi connectivity index (χ0n) is 8.04. The Labute approximate surface area is 87.7 Å². The van der Waals surface area contributed by atoms with Crippen LogP contribution in [0.4, 0.5) is 11.4 Å². The number of nitrogens with zero attached hydrogens (tertiary/aromatic N) is 1. The van der Waals surface area contributed by atoms with Crippen LogP contribution in [0.5, 0.6) is 5.75 Å². The molecule has 1 heterocycles. The number of hydrogen-bond donors (Lipinski definition) is 1. The zero-order chi connectivity index (χ0) is 10.2.